The molecule has 0 aliphatic carbocycles. The van der Waals surface area contributed by atoms with E-state index in [9.17, 15) is 14.9 Å². The summed E-state index contributed by atoms with van der Waals surface area (Å²) in [4.78, 5) is 27.1. The van der Waals surface area contributed by atoms with Gasteiger partial charge in [-0.15, -0.1) is 5.10 Å². The highest BCUT2D eigenvalue weighted by molar-refractivity contribution is 6.32. The van der Waals surface area contributed by atoms with Crippen molar-refractivity contribution in [3.05, 3.63) is 69.0 Å². The van der Waals surface area contributed by atoms with Crippen LogP contribution in [0.2, 0.25) is 5.02 Å². The van der Waals surface area contributed by atoms with Crippen LogP contribution in [0.15, 0.2) is 42.5 Å². The maximum absolute atomic E-state index is 12.8. The summed E-state index contributed by atoms with van der Waals surface area (Å²) in [5, 5.41) is 23.1. The van der Waals surface area contributed by atoms with Gasteiger partial charge in [-0.1, -0.05) is 11.6 Å². The molecule has 2 heterocycles. The number of carbonyl (C=O) groups is 1. The van der Waals surface area contributed by atoms with E-state index in [4.69, 9.17) is 16.3 Å². The number of carbonyl (C=O) groups excluding carboxylic acids is 1. The van der Waals surface area contributed by atoms with Gasteiger partial charge in [0.05, 0.1) is 24.3 Å². The molecule has 4 rings (SSSR count). The van der Waals surface area contributed by atoms with Gasteiger partial charge in [-0.3, -0.25) is 19.8 Å². The third-order valence-electron chi connectivity index (χ3n) is 5.27. The second-order valence-corrected chi connectivity index (χ2v) is 7.60. The van der Waals surface area contributed by atoms with Gasteiger partial charge in [-0.25, -0.2) is 0 Å². The van der Waals surface area contributed by atoms with Gasteiger partial charge in [0, 0.05) is 37.8 Å². The number of piperazine rings is 1. The highest BCUT2D eigenvalue weighted by Crippen LogP contribution is 2.26. The van der Waals surface area contributed by atoms with Gasteiger partial charge < -0.3 is 9.64 Å². The van der Waals surface area contributed by atoms with E-state index < -0.39 is 4.92 Å². The molecular weight excluding hydrogens is 438 g/mol. The molecule has 0 N–H and O–H groups in total. The molecule has 166 valence electrons. The van der Waals surface area contributed by atoms with Crippen LogP contribution < -0.4 is 4.74 Å². The Bertz CT molecular complexity index is 1130. The lowest BCUT2D eigenvalue weighted by molar-refractivity contribution is -0.384. The molecule has 3 aromatic rings. The van der Waals surface area contributed by atoms with Crippen LogP contribution in [-0.4, -0.2) is 74.1 Å². The number of tetrazole rings is 1. The molecule has 1 fully saturated rings. The van der Waals surface area contributed by atoms with E-state index in [1.54, 1.807) is 16.7 Å². The Morgan fingerprint density at radius 1 is 1.16 bits per heavy atom. The van der Waals surface area contributed by atoms with Crippen molar-refractivity contribution in [2.45, 2.75) is 6.54 Å². The zero-order chi connectivity index (χ0) is 22.7. The smallest absolute Gasteiger partial charge is 0.288 e. The fourth-order valence-corrected chi connectivity index (χ4v) is 3.69. The molecule has 0 saturated carbocycles. The fraction of sp³-hybridized carbons (Fsp3) is 0.300. The van der Waals surface area contributed by atoms with Gasteiger partial charge in [0.2, 0.25) is 0 Å². The van der Waals surface area contributed by atoms with Gasteiger partial charge >= 0.3 is 0 Å². The van der Waals surface area contributed by atoms with Gasteiger partial charge in [0.25, 0.3) is 11.6 Å². The maximum Gasteiger partial charge on any atom is 0.288 e. The van der Waals surface area contributed by atoms with Gasteiger partial charge in [0.1, 0.15) is 10.8 Å². The van der Waals surface area contributed by atoms with E-state index >= 15 is 0 Å². The van der Waals surface area contributed by atoms with Gasteiger partial charge in [-0.05, 0) is 46.8 Å². The third kappa shape index (κ3) is 4.53. The minimum atomic E-state index is -0.593. The van der Waals surface area contributed by atoms with Crippen LogP contribution in [0.25, 0.3) is 5.69 Å². The second kappa shape index (κ2) is 9.28. The highest BCUT2D eigenvalue weighted by atomic mass is 35.5. The highest BCUT2D eigenvalue weighted by Gasteiger charge is 2.25. The molecule has 1 aliphatic heterocycles. The normalized spacial score (nSPS) is 14.4. The molecule has 1 aliphatic rings. The van der Waals surface area contributed by atoms with Crippen LogP contribution in [-0.2, 0) is 6.54 Å². The van der Waals surface area contributed by atoms with E-state index in [1.165, 1.54) is 18.2 Å². The maximum atomic E-state index is 12.8. The molecule has 2 aromatic carbocycles. The number of ether oxygens (including phenoxy) is 1. The number of halogens is 1. The van der Waals surface area contributed by atoms with Gasteiger partial charge in [0.15, 0.2) is 5.82 Å². The third-order valence-corrected chi connectivity index (χ3v) is 5.59. The van der Waals surface area contributed by atoms with Crippen molar-refractivity contribution in [1.29, 1.82) is 0 Å². The standard InChI is InChI=1S/C20H20ClN7O4/c1-32-16-5-3-15(4-6-16)27-19(22-23-24-27)13-25-8-10-26(11-9-25)20(29)14-2-7-17(21)18(12-14)28(30)31/h2-7,12H,8-11,13H2,1H3. The lowest BCUT2D eigenvalue weighted by atomic mass is 10.1. The van der Waals surface area contributed by atoms with Crippen molar-refractivity contribution >= 4 is 23.2 Å². The summed E-state index contributed by atoms with van der Waals surface area (Å²) in [5.74, 6) is 1.17. The molecule has 1 amide bonds. The number of nitro groups is 1. The van der Waals surface area contributed by atoms with Crippen molar-refractivity contribution in [2.75, 3.05) is 33.3 Å². The largest absolute Gasteiger partial charge is 0.497 e. The first-order valence-corrected chi connectivity index (χ1v) is 10.2. The number of aromatic nitrogens is 4. The lowest BCUT2D eigenvalue weighted by Gasteiger charge is -2.34. The van der Waals surface area contributed by atoms with Gasteiger partial charge in [-0.2, -0.15) is 4.68 Å². The molecule has 1 saturated heterocycles. The number of benzene rings is 2. The lowest BCUT2D eigenvalue weighted by Crippen LogP contribution is -2.48. The topological polar surface area (TPSA) is 120 Å². The van der Waals surface area contributed by atoms with Crippen LogP contribution in [0, 0.1) is 10.1 Å². The summed E-state index contributed by atoms with van der Waals surface area (Å²) >= 11 is 5.84. The van der Waals surface area contributed by atoms with Crippen LogP contribution in [0.4, 0.5) is 5.69 Å². The Morgan fingerprint density at radius 2 is 1.88 bits per heavy atom. The number of amides is 1. The summed E-state index contributed by atoms with van der Waals surface area (Å²) in [6.07, 6.45) is 0. The first kappa shape index (κ1) is 21.7. The van der Waals surface area contributed by atoms with Crippen LogP contribution >= 0.6 is 11.6 Å². The minimum absolute atomic E-state index is 0.00551. The number of hydrogen-bond donors (Lipinski definition) is 0. The molecule has 32 heavy (non-hydrogen) atoms. The molecule has 0 bridgehead atoms. The van der Waals surface area contributed by atoms with Crippen LogP contribution in [0.3, 0.4) is 0 Å². The Balaban J connectivity index is 1.39. The summed E-state index contributed by atoms with van der Waals surface area (Å²) < 4.78 is 6.85. The van der Waals surface area contributed by atoms with Crippen molar-refractivity contribution < 1.29 is 14.5 Å². The van der Waals surface area contributed by atoms with E-state index in [0.29, 0.717) is 38.5 Å². The van der Waals surface area contributed by atoms with E-state index in [-0.39, 0.29) is 22.2 Å². The number of nitro benzene ring substituents is 1. The Morgan fingerprint density at radius 3 is 2.53 bits per heavy atom. The Hall–Kier alpha value is -3.57. The predicted molar refractivity (Wildman–Crippen MR) is 115 cm³/mol. The number of rotatable bonds is 6. The van der Waals surface area contributed by atoms with Crippen molar-refractivity contribution in [3.8, 4) is 11.4 Å². The van der Waals surface area contributed by atoms with E-state index in [0.717, 1.165) is 11.4 Å². The first-order chi connectivity index (χ1) is 15.5. The minimum Gasteiger partial charge on any atom is -0.497 e. The summed E-state index contributed by atoms with van der Waals surface area (Å²) in [6, 6.07) is 11.5. The second-order valence-electron chi connectivity index (χ2n) is 7.20. The summed E-state index contributed by atoms with van der Waals surface area (Å²) in [6.45, 7) is 2.74. The SMILES string of the molecule is COc1ccc(-n2nnnc2CN2CCN(C(=O)c3ccc(Cl)c([N+](=O)[O-])c3)CC2)cc1. The first-order valence-electron chi connectivity index (χ1n) is 9.83. The molecule has 12 heteroatoms. The predicted octanol–water partition coefficient (Wildman–Crippen LogP) is 2.19. The molecule has 0 unspecified atom stereocenters. The van der Waals surface area contributed by atoms with E-state index in [1.807, 2.05) is 24.3 Å². The zero-order valence-electron chi connectivity index (χ0n) is 17.2. The fourth-order valence-electron chi connectivity index (χ4n) is 3.51. The molecule has 0 atom stereocenters. The average Bonchev–Trinajstić information content (AvgIpc) is 3.27. The summed E-state index contributed by atoms with van der Waals surface area (Å²) in [7, 11) is 1.61. The zero-order valence-corrected chi connectivity index (χ0v) is 18.0. The Labute approximate surface area is 188 Å². The summed E-state index contributed by atoms with van der Waals surface area (Å²) in [5.41, 5.74) is 0.795. The monoisotopic (exact) mass is 457 g/mol. The molecule has 0 spiro atoms. The molecule has 1 aromatic heterocycles. The van der Waals surface area contributed by atoms with Crippen LogP contribution in [0.5, 0.6) is 5.75 Å². The molecule has 11 nitrogen and oxygen atoms in total. The van der Waals surface area contributed by atoms with Crippen molar-refractivity contribution in [2.24, 2.45) is 0 Å². The molecule has 0 radical (unpaired) electrons. The average molecular weight is 458 g/mol. The molecular formula is C20H20ClN7O4. The number of methoxy groups -OCH3 is 1. The quantitative estimate of drug-likeness (QED) is 0.408. The van der Waals surface area contributed by atoms with E-state index in [2.05, 4.69) is 20.4 Å². The number of hydrogen-bond acceptors (Lipinski definition) is 8. The number of nitrogens with zero attached hydrogens (tertiary/aromatic N) is 7. The van der Waals surface area contributed by atoms with Crippen molar-refractivity contribution in [1.82, 2.24) is 30.0 Å². The van der Waals surface area contributed by atoms with Crippen LogP contribution in [0.1, 0.15) is 16.2 Å². The van der Waals surface area contributed by atoms with Crippen molar-refractivity contribution in [3.63, 3.8) is 0 Å². The Kier molecular flexibility index (Phi) is 6.28.